The molecule has 0 aromatic carbocycles. The number of hydrogen-bond donors (Lipinski definition) is 0. The summed E-state index contributed by atoms with van der Waals surface area (Å²) in [6.07, 6.45) is 5.05. The van der Waals surface area contributed by atoms with Crippen molar-refractivity contribution in [2.75, 3.05) is 0 Å². The standard InChI is InChI=1S/2C10H15.2ClH.Zr/c1-7-6-10(4,5)9(3)8(7)2;1-7(2)10-5-8(3)9(4)6-10;;;/h1-5H3;5-7H,1-4H3;2*1H;/q;;;;+2/p-2. The van der Waals surface area contributed by atoms with Gasteiger partial charge in [-0.1, -0.05) is 0 Å². The molecule has 0 aromatic rings. The normalized spacial score (nSPS) is 25.8. The molecular formula is C20H30Cl2Zr. The Balaban J connectivity index is 0.00000242. The van der Waals surface area contributed by atoms with Gasteiger partial charge in [0, 0.05) is 0 Å². The molecule has 2 aliphatic carbocycles. The van der Waals surface area contributed by atoms with Crippen LogP contribution in [0.25, 0.3) is 0 Å². The molecule has 0 saturated heterocycles. The summed E-state index contributed by atoms with van der Waals surface area (Å²) in [7, 11) is 0. The molecule has 128 valence electrons. The molecule has 0 nitrogen and oxygen atoms in total. The molecule has 0 aliphatic heterocycles. The second-order valence-corrected chi connectivity index (χ2v) is 12.2. The van der Waals surface area contributed by atoms with Gasteiger partial charge in [-0.2, -0.15) is 0 Å². The molecule has 0 heterocycles. The van der Waals surface area contributed by atoms with E-state index in [-0.39, 0.29) is 30.2 Å². The third-order valence-corrected chi connectivity index (χ3v) is 11.4. The number of hydrogen-bond acceptors (Lipinski definition) is 0. The van der Waals surface area contributed by atoms with Crippen LogP contribution in [0.4, 0.5) is 0 Å². The summed E-state index contributed by atoms with van der Waals surface area (Å²) in [6.45, 7) is 21.3. The first-order valence-electron chi connectivity index (χ1n) is 8.10. The molecule has 1 unspecified atom stereocenters. The monoisotopic (exact) mass is 430 g/mol. The summed E-state index contributed by atoms with van der Waals surface area (Å²) in [5.74, 6) is 0.648. The van der Waals surface area contributed by atoms with Crippen molar-refractivity contribution in [2.45, 2.75) is 65.4 Å². The second kappa shape index (κ2) is 7.76. The van der Waals surface area contributed by atoms with Crippen molar-refractivity contribution >= 4 is 0 Å². The predicted molar refractivity (Wildman–Crippen MR) is 89.9 cm³/mol. The van der Waals surface area contributed by atoms with Crippen molar-refractivity contribution in [3.8, 4) is 0 Å². The Kier molecular flexibility index (Phi) is 7.90. The Morgan fingerprint density at radius 2 is 1.43 bits per heavy atom. The van der Waals surface area contributed by atoms with E-state index >= 15 is 0 Å². The van der Waals surface area contributed by atoms with E-state index < -0.39 is 23.2 Å². The summed E-state index contributed by atoms with van der Waals surface area (Å²) in [5, 5.41) is 0. The SMILES string of the molecule is CC1=CC(C(C)C)=C[C]1(C)[Zr+2][C]1=C(C)C(C)=C(C)C1(C)C.[Cl-].[Cl-]. The first-order chi connectivity index (χ1) is 9.50. The maximum Gasteiger partial charge on any atom is -1.00 e. The van der Waals surface area contributed by atoms with E-state index in [9.17, 15) is 0 Å². The van der Waals surface area contributed by atoms with Crippen molar-refractivity contribution in [1.82, 2.24) is 0 Å². The minimum absolute atomic E-state index is 0. The minimum Gasteiger partial charge on any atom is -1.00 e. The zero-order valence-electron chi connectivity index (χ0n) is 16.0. The molecule has 0 bridgehead atoms. The van der Waals surface area contributed by atoms with Gasteiger partial charge in [-0.15, -0.1) is 0 Å². The minimum atomic E-state index is -0.705. The van der Waals surface area contributed by atoms with E-state index in [1.165, 1.54) is 0 Å². The van der Waals surface area contributed by atoms with Crippen LogP contribution in [0.3, 0.4) is 0 Å². The van der Waals surface area contributed by atoms with Crippen LogP contribution >= 0.6 is 0 Å². The topological polar surface area (TPSA) is 0 Å². The van der Waals surface area contributed by atoms with Crippen LogP contribution in [0.5, 0.6) is 0 Å². The number of rotatable bonds is 3. The smallest absolute Gasteiger partial charge is 1.00 e. The fourth-order valence-electron chi connectivity index (χ4n) is 3.46. The Labute approximate surface area is 167 Å². The molecule has 0 amide bonds. The molecule has 0 saturated carbocycles. The number of allylic oxidation sites excluding steroid dienone is 8. The molecule has 23 heavy (non-hydrogen) atoms. The van der Waals surface area contributed by atoms with Gasteiger partial charge in [-0.25, -0.2) is 0 Å². The molecule has 0 fully saturated rings. The van der Waals surface area contributed by atoms with E-state index in [0.717, 1.165) is 0 Å². The molecule has 0 radical (unpaired) electrons. The molecule has 2 rings (SSSR count). The van der Waals surface area contributed by atoms with Crippen LogP contribution in [0.2, 0.25) is 3.12 Å². The second-order valence-electron chi connectivity index (χ2n) is 7.83. The maximum absolute atomic E-state index is 2.60. The van der Waals surface area contributed by atoms with Gasteiger partial charge in [0.2, 0.25) is 0 Å². The van der Waals surface area contributed by atoms with Crippen molar-refractivity contribution < 1.29 is 48.0 Å². The van der Waals surface area contributed by atoms with Gasteiger partial charge in [0.25, 0.3) is 0 Å². The van der Waals surface area contributed by atoms with Gasteiger partial charge in [0.1, 0.15) is 0 Å². The van der Waals surface area contributed by atoms with Crippen molar-refractivity contribution in [1.29, 1.82) is 0 Å². The van der Waals surface area contributed by atoms with Crippen LogP contribution in [0, 0.1) is 11.3 Å². The van der Waals surface area contributed by atoms with E-state index in [1.807, 2.05) is 0 Å². The van der Waals surface area contributed by atoms with E-state index in [0.29, 0.717) is 9.04 Å². The van der Waals surface area contributed by atoms with E-state index in [1.54, 1.807) is 31.1 Å². The zero-order chi connectivity index (χ0) is 16.2. The summed E-state index contributed by atoms with van der Waals surface area (Å²) in [4.78, 5) is 0. The summed E-state index contributed by atoms with van der Waals surface area (Å²) in [6, 6.07) is 0. The summed E-state index contributed by atoms with van der Waals surface area (Å²) >= 11 is -0.705. The van der Waals surface area contributed by atoms with Crippen molar-refractivity contribution in [3.05, 3.63) is 43.3 Å². The van der Waals surface area contributed by atoms with Gasteiger partial charge in [0.05, 0.1) is 0 Å². The quantitative estimate of drug-likeness (QED) is 0.608. The Hall–Kier alpha value is 0.423. The van der Waals surface area contributed by atoms with E-state index in [4.69, 9.17) is 0 Å². The average Bonchev–Trinajstić information content (AvgIpc) is 2.75. The van der Waals surface area contributed by atoms with Gasteiger partial charge in [-0.3, -0.25) is 0 Å². The van der Waals surface area contributed by atoms with Crippen LogP contribution in [-0.4, -0.2) is 0 Å². The van der Waals surface area contributed by atoms with E-state index in [2.05, 4.69) is 74.5 Å². The first-order valence-corrected chi connectivity index (χ1v) is 10.6. The third kappa shape index (κ3) is 3.99. The molecule has 0 aromatic heterocycles. The average molecular weight is 433 g/mol. The van der Waals surface area contributed by atoms with Crippen molar-refractivity contribution in [3.63, 3.8) is 0 Å². The van der Waals surface area contributed by atoms with Crippen LogP contribution in [-0.2, 0) is 23.2 Å². The van der Waals surface area contributed by atoms with Gasteiger partial charge in [0.15, 0.2) is 0 Å². The van der Waals surface area contributed by atoms with Gasteiger partial charge >= 0.3 is 143 Å². The molecule has 3 heteroatoms. The maximum atomic E-state index is 2.60. The summed E-state index contributed by atoms with van der Waals surface area (Å²) in [5.41, 5.74) is 8.17. The van der Waals surface area contributed by atoms with Crippen LogP contribution in [0.1, 0.15) is 62.3 Å². The molecular weight excluding hydrogens is 402 g/mol. The fraction of sp³-hybridized carbons (Fsp3) is 0.600. The molecule has 0 N–H and O–H groups in total. The van der Waals surface area contributed by atoms with Gasteiger partial charge in [-0.05, 0) is 0 Å². The Bertz CT molecular complexity index is 603. The Morgan fingerprint density at radius 1 is 0.913 bits per heavy atom. The predicted octanol–water partition coefficient (Wildman–Crippen LogP) is 0.448. The fourth-order valence-corrected chi connectivity index (χ4v) is 8.14. The number of halogens is 2. The van der Waals surface area contributed by atoms with Crippen molar-refractivity contribution in [2.24, 2.45) is 11.3 Å². The molecule has 2 aliphatic rings. The van der Waals surface area contributed by atoms with Crippen LogP contribution < -0.4 is 24.8 Å². The third-order valence-electron chi connectivity index (χ3n) is 5.77. The zero-order valence-corrected chi connectivity index (χ0v) is 20.0. The molecule has 1 atom stereocenters. The first kappa shape index (κ1) is 23.4. The Morgan fingerprint density at radius 3 is 1.78 bits per heavy atom. The largest absolute Gasteiger partial charge is 1.00 e. The van der Waals surface area contributed by atoms with Crippen LogP contribution in [0.15, 0.2) is 43.3 Å². The summed E-state index contributed by atoms with van der Waals surface area (Å²) < 4.78 is 2.17. The molecule has 0 spiro atoms. The van der Waals surface area contributed by atoms with Gasteiger partial charge < -0.3 is 24.8 Å².